The van der Waals surface area contributed by atoms with E-state index in [-0.39, 0.29) is 11.3 Å². The van der Waals surface area contributed by atoms with Crippen molar-refractivity contribution in [3.63, 3.8) is 0 Å². The number of fused-ring (bicyclic) bond motifs is 1. The fourth-order valence-electron chi connectivity index (χ4n) is 6.41. The molecule has 0 heterocycles. The zero-order chi connectivity index (χ0) is 22.1. The molecule has 30 heavy (non-hydrogen) atoms. The monoisotopic (exact) mass is 417 g/mol. The zero-order valence-corrected chi connectivity index (χ0v) is 19.7. The van der Waals surface area contributed by atoms with Crippen molar-refractivity contribution < 1.29 is 15.0 Å². The van der Waals surface area contributed by atoms with E-state index in [1.165, 1.54) is 31.3 Å². The number of rotatable bonds is 4. The number of aliphatic hydroxyl groups is 2. The Hall–Kier alpha value is -1.13. The Balaban J connectivity index is 1.68. The molecular formula is C26H43NO3. The number of hydrogen-bond acceptors (Lipinski definition) is 3. The van der Waals surface area contributed by atoms with E-state index in [0.717, 1.165) is 13.0 Å². The molecule has 0 aromatic heterocycles. The van der Waals surface area contributed by atoms with Gasteiger partial charge in [-0.25, -0.2) is 0 Å². The van der Waals surface area contributed by atoms with Crippen LogP contribution in [0, 0.1) is 28.6 Å². The fraction of sp³-hybridized carbons (Fsp3) is 0.808. The van der Waals surface area contributed by atoms with Crippen molar-refractivity contribution in [1.29, 1.82) is 0 Å². The first-order valence-electron chi connectivity index (χ1n) is 12.0. The van der Waals surface area contributed by atoms with E-state index >= 15 is 0 Å². The van der Waals surface area contributed by atoms with E-state index in [9.17, 15) is 15.0 Å². The van der Waals surface area contributed by atoms with E-state index in [1.807, 2.05) is 20.8 Å². The Morgan fingerprint density at radius 3 is 2.50 bits per heavy atom. The van der Waals surface area contributed by atoms with E-state index in [0.29, 0.717) is 42.4 Å². The third-order valence-electron chi connectivity index (χ3n) is 8.06. The summed E-state index contributed by atoms with van der Waals surface area (Å²) in [6.45, 7) is 11.5. The molecule has 170 valence electrons. The molecular weight excluding hydrogens is 374 g/mol. The van der Waals surface area contributed by atoms with E-state index in [4.69, 9.17) is 0 Å². The number of aliphatic hydroxyl groups excluding tert-OH is 2. The van der Waals surface area contributed by atoms with Crippen molar-refractivity contribution >= 4 is 5.91 Å². The van der Waals surface area contributed by atoms with Gasteiger partial charge < -0.3 is 15.5 Å². The van der Waals surface area contributed by atoms with Crippen LogP contribution >= 0.6 is 0 Å². The van der Waals surface area contributed by atoms with Crippen molar-refractivity contribution in [2.24, 2.45) is 28.6 Å². The predicted octanol–water partition coefficient (Wildman–Crippen LogP) is 4.76. The molecule has 3 aliphatic rings. The van der Waals surface area contributed by atoms with Gasteiger partial charge in [0.05, 0.1) is 12.2 Å². The lowest BCUT2D eigenvalue weighted by Gasteiger charge is -2.44. The van der Waals surface area contributed by atoms with Crippen LogP contribution in [0.2, 0.25) is 0 Å². The highest BCUT2D eigenvalue weighted by Gasteiger charge is 2.50. The lowest BCUT2D eigenvalue weighted by molar-refractivity contribution is -0.128. The maximum Gasteiger partial charge on any atom is 0.225 e. The Morgan fingerprint density at radius 2 is 1.87 bits per heavy atom. The minimum Gasteiger partial charge on any atom is -0.393 e. The molecule has 3 saturated carbocycles. The molecule has 3 N–H and O–H groups in total. The number of nitrogens with one attached hydrogen (secondary N) is 1. The summed E-state index contributed by atoms with van der Waals surface area (Å²) in [6.07, 6.45) is 11.7. The second kappa shape index (κ2) is 9.16. The molecule has 3 fully saturated rings. The molecule has 0 saturated heterocycles. The Morgan fingerprint density at radius 1 is 1.20 bits per heavy atom. The number of amides is 1. The summed E-state index contributed by atoms with van der Waals surface area (Å²) in [6, 6.07) is 0. The molecule has 1 amide bonds. The van der Waals surface area contributed by atoms with Gasteiger partial charge in [-0.3, -0.25) is 4.79 Å². The van der Waals surface area contributed by atoms with Crippen molar-refractivity contribution in [2.45, 2.75) is 98.2 Å². The highest BCUT2D eigenvalue weighted by atomic mass is 16.3. The van der Waals surface area contributed by atoms with Crippen LogP contribution < -0.4 is 5.32 Å². The van der Waals surface area contributed by atoms with E-state index < -0.39 is 12.2 Å². The van der Waals surface area contributed by atoms with Crippen LogP contribution in [0.25, 0.3) is 0 Å². The largest absolute Gasteiger partial charge is 0.393 e. The molecule has 3 rings (SSSR count). The van der Waals surface area contributed by atoms with Gasteiger partial charge in [0, 0.05) is 12.0 Å². The van der Waals surface area contributed by atoms with Crippen LogP contribution in [0.15, 0.2) is 23.3 Å². The molecule has 0 unspecified atom stereocenters. The van der Waals surface area contributed by atoms with Crippen LogP contribution in [0.1, 0.15) is 86.0 Å². The van der Waals surface area contributed by atoms with Crippen molar-refractivity contribution in [3.8, 4) is 0 Å². The first kappa shape index (κ1) is 23.5. The first-order chi connectivity index (χ1) is 14.0. The van der Waals surface area contributed by atoms with Gasteiger partial charge in [-0.05, 0) is 74.5 Å². The summed E-state index contributed by atoms with van der Waals surface area (Å²) in [5.41, 5.74) is 2.70. The SMILES string of the molecule is C[C@H](CNC(=O)C(C)(C)C)[C@H]1CC[C@H]2C(=CC=C3C[C@@H](O)C[C@H](O)C3)CCC[C@]12C. The molecule has 0 aromatic carbocycles. The summed E-state index contributed by atoms with van der Waals surface area (Å²) in [5, 5.41) is 23.1. The van der Waals surface area contributed by atoms with Gasteiger partial charge in [0.1, 0.15) is 0 Å². The van der Waals surface area contributed by atoms with Gasteiger partial charge >= 0.3 is 0 Å². The summed E-state index contributed by atoms with van der Waals surface area (Å²) in [4.78, 5) is 12.3. The van der Waals surface area contributed by atoms with Crippen LogP contribution in [-0.4, -0.2) is 34.9 Å². The van der Waals surface area contributed by atoms with Gasteiger partial charge in [-0.1, -0.05) is 57.9 Å². The number of carbonyl (C=O) groups excluding carboxylic acids is 1. The maximum absolute atomic E-state index is 12.3. The normalized spacial score (nSPS) is 37.0. The summed E-state index contributed by atoms with van der Waals surface area (Å²) >= 11 is 0. The van der Waals surface area contributed by atoms with Gasteiger partial charge in [-0.15, -0.1) is 0 Å². The first-order valence-corrected chi connectivity index (χ1v) is 12.0. The molecule has 0 aliphatic heterocycles. The van der Waals surface area contributed by atoms with Crippen LogP contribution in [0.5, 0.6) is 0 Å². The van der Waals surface area contributed by atoms with Crippen molar-refractivity contribution in [3.05, 3.63) is 23.3 Å². The second-order valence-corrected chi connectivity index (χ2v) is 11.6. The Bertz CT molecular complexity index is 677. The number of carbonyl (C=O) groups is 1. The van der Waals surface area contributed by atoms with Gasteiger partial charge in [0.15, 0.2) is 0 Å². The Kier molecular flexibility index (Phi) is 7.18. The average Bonchev–Trinajstić information content (AvgIpc) is 3.00. The third-order valence-corrected chi connectivity index (χ3v) is 8.06. The van der Waals surface area contributed by atoms with Gasteiger partial charge in [-0.2, -0.15) is 0 Å². The van der Waals surface area contributed by atoms with Crippen molar-refractivity contribution in [2.75, 3.05) is 6.54 Å². The second-order valence-electron chi connectivity index (χ2n) is 11.6. The number of hydrogen-bond donors (Lipinski definition) is 3. The minimum absolute atomic E-state index is 0.141. The molecule has 0 aromatic rings. The van der Waals surface area contributed by atoms with Gasteiger partial charge in [0.2, 0.25) is 5.91 Å². The highest BCUT2D eigenvalue weighted by Crippen LogP contribution is 2.59. The van der Waals surface area contributed by atoms with E-state index in [2.05, 4.69) is 31.3 Å². The zero-order valence-electron chi connectivity index (χ0n) is 19.7. The summed E-state index contributed by atoms with van der Waals surface area (Å²) in [7, 11) is 0. The Labute approximate surface area is 183 Å². The third kappa shape index (κ3) is 5.19. The quantitative estimate of drug-likeness (QED) is 0.618. The summed E-state index contributed by atoms with van der Waals surface area (Å²) in [5.74, 6) is 1.87. The van der Waals surface area contributed by atoms with E-state index in [1.54, 1.807) is 5.57 Å². The van der Waals surface area contributed by atoms with Crippen LogP contribution in [0.4, 0.5) is 0 Å². The lowest BCUT2D eigenvalue weighted by atomic mass is 9.61. The maximum atomic E-state index is 12.3. The number of allylic oxidation sites excluding steroid dienone is 3. The topological polar surface area (TPSA) is 69.6 Å². The van der Waals surface area contributed by atoms with Crippen LogP contribution in [-0.2, 0) is 4.79 Å². The standard InChI is InChI=1S/C26H43NO3/c1-17(16-27-24(30)25(2,3)4)22-10-11-23-19(7-6-12-26(22,23)5)9-8-18-13-20(28)15-21(29)14-18/h8-9,17,20-23,28-29H,6-7,10-16H2,1-5H3,(H,27,30)/t17-,20-,21-,22-,23+,26-/m1/s1. The molecule has 3 aliphatic carbocycles. The molecule has 0 spiro atoms. The lowest BCUT2D eigenvalue weighted by Crippen LogP contribution is -2.42. The summed E-state index contributed by atoms with van der Waals surface area (Å²) < 4.78 is 0. The minimum atomic E-state index is -0.407. The smallest absolute Gasteiger partial charge is 0.225 e. The molecule has 4 heteroatoms. The van der Waals surface area contributed by atoms with Gasteiger partial charge in [0.25, 0.3) is 0 Å². The molecule has 0 bridgehead atoms. The van der Waals surface area contributed by atoms with Crippen LogP contribution in [0.3, 0.4) is 0 Å². The molecule has 4 nitrogen and oxygen atoms in total. The molecule has 6 atom stereocenters. The fourth-order valence-corrected chi connectivity index (χ4v) is 6.41. The highest BCUT2D eigenvalue weighted by molar-refractivity contribution is 5.81. The average molecular weight is 418 g/mol. The predicted molar refractivity (Wildman–Crippen MR) is 122 cm³/mol. The van der Waals surface area contributed by atoms with Crippen molar-refractivity contribution in [1.82, 2.24) is 5.32 Å². The molecule has 0 radical (unpaired) electrons.